The van der Waals surface area contributed by atoms with Gasteiger partial charge >= 0.3 is 0 Å². The molecule has 0 bridgehead atoms. The predicted octanol–water partition coefficient (Wildman–Crippen LogP) is 2.49. The molecule has 2 aromatic heterocycles. The van der Waals surface area contributed by atoms with Crippen LogP contribution in [0.15, 0.2) is 42.9 Å². The Labute approximate surface area is 133 Å². The van der Waals surface area contributed by atoms with E-state index in [1.807, 2.05) is 35.4 Å². The number of benzene rings is 1. The Bertz CT molecular complexity index is 824. The van der Waals surface area contributed by atoms with Crippen molar-refractivity contribution >= 4 is 16.8 Å². The van der Waals surface area contributed by atoms with Crippen molar-refractivity contribution in [2.24, 2.45) is 0 Å². The smallest absolute Gasteiger partial charge is 0.254 e. The lowest BCUT2D eigenvalue weighted by Crippen LogP contribution is -2.32. The maximum Gasteiger partial charge on any atom is 0.254 e. The van der Waals surface area contributed by atoms with Gasteiger partial charge in [0.2, 0.25) is 0 Å². The van der Waals surface area contributed by atoms with E-state index < -0.39 is 0 Å². The van der Waals surface area contributed by atoms with Crippen molar-refractivity contribution < 1.29 is 9.53 Å². The number of H-pyrrole nitrogens is 2. The van der Waals surface area contributed by atoms with Crippen molar-refractivity contribution in [1.29, 1.82) is 0 Å². The van der Waals surface area contributed by atoms with Crippen LogP contribution in [0.1, 0.15) is 28.6 Å². The molecule has 2 atom stereocenters. The molecule has 0 aliphatic carbocycles. The van der Waals surface area contributed by atoms with Crippen molar-refractivity contribution in [1.82, 2.24) is 19.9 Å². The first kappa shape index (κ1) is 14.0. The largest absolute Gasteiger partial charge is 0.380 e. The molecule has 6 nitrogen and oxygen atoms in total. The zero-order chi connectivity index (χ0) is 15.8. The molecule has 4 rings (SSSR count). The molecule has 118 valence electrons. The van der Waals surface area contributed by atoms with E-state index in [4.69, 9.17) is 4.74 Å². The number of aromatic amines is 2. The fourth-order valence-electron chi connectivity index (χ4n) is 3.26. The second kappa shape index (κ2) is 5.55. The lowest BCUT2D eigenvalue weighted by molar-refractivity contribution is 0.0684. The number of rotatable bonds is 3. The lowest BCUT2D eigenvalue weighted by Gasteiger charge is -2.23. The summed E-state index contributed by atoms with van der Waals surface area (Å²) in [6.07, 6.45) is 6.15. The van der Waals surface area contributed by atoms with Crippen molar-refractivity contribution in [3.63, 3.8) is 0 Å². The van der Waals surface area contributed by atoms with Gasteiger partial charge in [0.05, 0.1) is 12.1 Å². The van der Waals surface area contributed by atoms with Crippen molar-refractivity contribution in [2.75, 3.05) is 13.7 Å². The average Bonchev–Trinajstić information content (AvgIpc) is 3.31. The normalized spacial score (nSPS) is 21.2. The monoisotopic (exact) mass is 310 g/mol. The standard InChI is InChI=1S/C17H18N4O2/c1-23-13-9-15(16-19-6-7-20-16)21(10-13)17(22)12-3-2-11-4-5-18-14(11)8-12/h2-8,13,15,18H,9-10H2,1H3,(H,19,20)/t13-,15?/m1/s1. The molecule has 0 radical (unpaired) electrons. The maximum absolute atomic E-state index is 13.0. The van der Waals surface area contributed by atoms with Gasteiger partial charge in [-0.3, -0.25) is 4.79 Å². The van der Waals surface area contributed by atoms with E-state index in [1.165, 1.54) is 0 Å². The van der Waals surface area contributed by atoms with E-state index in [9.17, 15) is 4.79 Å². The van der Waals surface area contributed by atoms with Crippen LogP contribution in [0.2, 0.25) is 0 Å². The number of methoxy groups -OCH3 is 1. The second-order valence-corrected chi connectivity index (χ2v) is 5.82. The van der Waals surface area contributed by atoms with Gasteiger partial charge in [0.25, 0.3) is 5.91 Å². The molecule has 1 amide bonds. The summed E-state index contributed by atoms with van der Waals surface area (Å²) in [4.78, 5) is 25.4. The van der Waals surface area contributed by atoms with Crippen LogP contribution in [0.25, 0.3) is 10.9 Å². The lowest BCUT2D eigenvalue weighted by atomic mass is 10.1. The van der Waals surface area contributed by atoms with Crippen molar-refractivity contribution in [2.45, 2.75) is 18.6 Å². The minimum absolute atomic E-state index is 0.00227. The van der Waals surface area contributed by atoms with E-state index in [1.54, 1.807) is 19.5 Å². The summed E-state index contributed by atoms with van der Waals surface area (Å²) >= 11 is 0. The van der Waals surface area contributed by atoms with E-state index in [0.717, 1.165) is 23.1 Å². The van der Waals surface area contributed by atoms with Gasteiger partial charge in [0.1, 0.15) is 5.82 Å². The highest BCUT2D eigenvalue weighted by molar-refractivity contribution is 5.98. The molecule has 2 N–H and O–H groups in total. The maximum atomic E-state index is 13.0. The van der Waals surface area contributed by atoms with Crippen LogP contribution in [0, 0.1) is 0 Å². The van der Waals surface area contributed by atoms with Crippen LogP contribution in [-0.4, -0.2) is 45.5 Å². The van der Waals surface area contributed by atoms with Gasteiger partial charge in [0, 0.05) is 49.7 Å². The van der Waals surface area contributed by atoms with Gasteiger partial charge < -0.3 is 19.6 Å². The topological polar surface area (TPSA) is 74.0 Å². The Balaban J connectivity index is 1.67. The molecule has 1 aliphatic rings. The molecule has 1 unspecified atom stereocenters. The summed E-state index contributed by atoms with van der Waals surface area (Å²) in [6.45, 7) is 0.573. The number of fused-ring (bicyclic) bond motifs is 1. The molecular formula is C17H18N4O2. The number of likely N-dealkylation sites (tertiary alicyclic amines) is 1. The first-order valence-electron chi connectivity index (χ1n) is 7.66. The highest BCUT2D eigenvalue weighted by Gasteiger charge is 2.38. The Morgan fingerprint density at radius 1 is 1.30 bits per heavy atom. The van der Waals surface area contributed by atoms with Crippen LogP contribution >= 0.6 is 0 Å². The van der Waals surface area contributed by atoms with Gasteiger partial charge in [-0.15, -0.1) is 0 Å². The SMILES string of the molecule is CO[C@@H]1CC(c2ncc[nH]2)N(C(=O)c2ccc3cc[nH]c3c2)C1. The number of nitrogens with one attached hydrogen (secondary N) is 2. The van der Waals surface area contributed by atoms with E-state index >= 15 is 0 Å². The molecule has 1 aliphatic heterocycles. The molecule has 3 heterocycles. The summed E-state index contributed by atoms with van der Waals surface area (Å²) in [5.41, 5.74) is 1.64. The number of carbonyl (C=O) groups is 1. The quantitative estimate of drug-likeness (QED) is 0.780. The Morgan fingerprint density at radius 3 is 3.00 bits per heavy atom. The fourth-order valence-corrected chi connectivity index (χ4v) is 3.26. The number of nitrogens with zero attached hydrogens (tertiary/aromatic N) is 2. The molecule has 1 fully saturated rings. The van der Waals surface area contributed by atoms with E-state index in [0.29, 0.717) is 12.1 Å². The zero-order valence-electron chi connectivity index (χ0n) is 12.8. The molecule has 3 aromatic rings. The molecular weight excluding hydrogens is 292 g/mol. The Kier molecular flexibility index (Phi) is 3.38. The molecule has 23 heavy (non-hydrogen) atoms. The molecule has 1 aromatic carbocycles. The summed E-state index contributed by atoms with van der Waals surface area (Å²) in [5, 5.41) is 1.10. The highest BCUT2D eigenvalue weighted by atomic mass is 16.5. The average molecular weight is 310 g/mol. The van der Waals surface area contributed by atoms with E-state index in [2.05, 4.69) is 15.0 Å². The summed E-state index contributed by atoms with van der Waals surface area (Å²) in [6, 6.07) is 7.65. The Morgan fingerprint density at radius 2 is 2.22 bits per heavy atom. The van der Waals surface area contributed by atoms with Gasteiger partial charge in [0.15, 0.2) is 0 Å². The van der Waals surface area contributed by atoms with Crippen molar-refractivity contribution in [3.05, 3.63) is 54.2 Å². The number of aromatic nitrogens is 3. The third kappa shape index (κ3) is 2.41. The summed E-state index contributed by atoms with van der Waals surface area (Å²) < 4.78 is 5.47. The van der Waals surface area contributed by atoms with Gasteiger partial charge in [-0.25, -0.2) is 4.98 Å². The van der Waals surface area contributed by atoms with Gasteiger partial charge in [-0.05, 0) is 23.6 Å². The fraction of sp³-hybridized carbons (Fsp3) is 0.294. The number of ether oxygens (including phenoxy) is 1. The predicted molar refractivity (Wildman–Crippen MR) is 86.1 cm³/mol. The second-order valence-electron chi connectivity index (χ2n) is 5.82. The van der Waals surface area contributed by atoms with Crippen LogP contribution in [0.5, 0.6) is 0 Å². The first-order chi connectivity index (χ1) is 11.3. The highest BCUT2D eigenvalue weighted by Crippen LogP contribution is 2.33. The number of hydrogen-bond donors (Lipinski definition) is 2. The van der Waals surface area contributed by atoms with Crippen LogP contribution in [0.3, 0.4) is 0 Å². The van der Waals surface area contributed by atoms with Crippen LogP contribution < -0.4 is 0 Å². The minimum Gasteiger partial charge on any atom is -0.380 e. The summed E-state index contributed by atoms with van der Waals surface area (Å²) in [7, 11) is 1.68. The first-order valence-corrected chi connectivity index (χ1v) is 7.66. The van der Waals surface area contributed by atoms with E-state index in [-0.39, 0.29) is 18.1 Å². The third-order valence-corrected chi connectivity index (χ3v) is 4.49. The number of hydrogen-bond acceptors (Lipinski definition) is 3. The van der Waals surface area contributed by atoms with Crippen LogP contribution in [-0.2, 0) is 4.74 Å². The minimum atomic E-state index is -0.0817. The van der Waals surface area contributed by atoms with Crippen molar-refractivity contribution in [3.8, 4) is 0 Å². The number of imidazole rings is 1. The third-order valence-electron chi connectivity index (χ3n) is 4.49. The molecule has 1 saturated heterocycles. The number of amides is 1. The van der Waals surface area contributed by atoms with Crippen LogP contribution in [0.4, 0.5) is 0 Å². The van der Waals surface area contributed by atoms with Gasteiger partial charge in [-0.1, -0.05) is 6.07 Å². The molecule has 6 heteroatoms. The summed E-state index contributed by atoms with van der Waals surface area (Å²) in [5.74, 6) is 0.807. The zero-order valence-corrected chi connectivity index (χ0v) is 12.8. The molecule has 0 saturated carbocycles. The number of carbonyl (C=O) groups excluding carboxylic acids is 1. The van der Waals surface area contributed by atoms with Gasteiger partial charge in [-0.2, -0.15) is 0 Å². The Hall–Kier alpha value is -2.60. The molecule has 0 spiro atoms.